The van der Waals surface area contributed by atoms with Crippen molar-refractivity contribution in [2.45, 2.75) is 33.2 Å². The molecule has 1 amide bonds. The molecule has 0 atom stereocenters. The molecule has 2 heterocycles. The topological polar surface area (TPSA) is 71.8 Å². The van der Waals surface area contributed by atoms with E-state index in [1.54, 1.807) is 12.3 Å². The number of rotatable bonds is 8. The zero-order valence-corrected chi connectivity index (χ0v) is 13.2. The van der Waals surface area contributed by atoms with Crippen LogP contribution >= 0.6 is 0 Å². The third kappa shape index (κ3) is 4.87. The molecule has 0 spiro atoms. The van der Waals surface area contributed by atoms with E-state index in [-0.39, 0.29) is 5.91 Å². The Morgan fingerprint density at radius 1 is 1.27 bits per heavy atom. The maximum atomic E-state index is 11.8. The van der Waals surface area contributed by atoms with E-state index in [2.05, 4.69) is 20.7 Å². The molecular weight excluding hydrogens is 278 g/mol. The standard InChI is InChI=1S/C16H23N5O/c1-3-7-18-16(22)14-5-6-15(19-11-14)17-8-4-9-21-12-13(2)10-20-21/h5-6,10-12H,3-4,7-9H2,1-2H3,(H,17,19)(H,18,22). The summed E-state index contributed by atoms with van der Waals surface area (Å²) in [5, 5.41) is 10.3. The number of nitrogens with zero attached hydrogens (tertiary/aromatic N) is 3. The summed E-state index contributed by atoms with van der Waals surface area (Å²) in [6.07, 6.45) is 7.37. The van der Waals surface area contributed by atoms with Gasteiger partial charge in [-0.2, -0.15) is 5.10 Å². The van der Waals surface area contributed by atoms with Crippen LogP contribution in [0.2, 0.25) is 0 Å². The number of hydrogen-bond donors (Lipinski definition) is 2. The molecule has 2 aromatic rings. The van der Waals surface area contributed by atoms with Crippen LogP contribution in [0.5, 0.6) is 0 Å². The van der Waals surface area contributed by atoms with E-state index in [0.29, 0.717) is 12.1 Å². The molecule has 6 nitrogen and oxygen atoms in total. The van der Waals surface area contributed by atoms with Crippen molar-refractivity contribution in [1.29, 1.82) is 0 Å². The van der Waals surface area contributed by atoms with Gasteiger partial charge in [0.15, 0.2) is 0 Å². The Morgan fingerprint density at radius 3 is 2.77 bits per heavy atom. The number of carbonyl (C=O) groups is 1. The molecule has 0 bridgehead atoms. The first-order valence-corrected chi connectivity index (χ1v) is 7.66. The Kier molecular flexibility index (Phi) is 5.94. The van der Waals surface area contributed by atoms with Crippen molar-refractivity contribution in [1.82, 2.24) is 20.1 Å². The molecule has 0 radical (unpaired) electrons. The number of aromatic nitrogens is 3. The second-order valence-corrected chi connectivity index (χ2v) is 5.25. The Morgan fingerprint density at radius 2 is 2.14 bits per heavy atom. The minimum Gasteiger partial charge on any atom is -0.370 e. The molecule has 2 N–H and O–H groups in total. The van der Waals surface area contributed by atoms with E-state index in [4.69, 9.17) is 0 Å². The number of pyridine rings is 1. The molecule has 22 heavy (non-hydrogen) atoms. The fourth-order valence-electron chi connectivity index (χ4n) is 2.02. The lowest BCUT2D eigenvalue weighted by molar-refractivity contribution is 0.0953. The van der Waals surface area contributed by atoms with Crippen LogP contribution in [0.15, 0.2) is 30.7 Å². The van der Waals surface area contributed by atoms with E-state index in [9.17, 15) is 4.79 Å². The van der Waals surface area contributed by atoms with Gasteiger partial charge in [-0.05, 0) is 37.5 Å². The lowest BCUT2D eigenvalue weighted by Gasteiger charge is -2.07. The van der Waals surface area contributed by atoms with Crippen molar-refractivity contribution in [3.63, 3.8) is 0 Å². The van der Waals surface area contributed by atoms with Gasteiger partial charge >= 0.3 is 0 Å². The van der Waals surface area contributed by atoms with Gasteiger partial charge in [0, 0.05) is 32.0 Å². The SMILES string of the molecule is CCCNC(=O)c1ccc(NCCCn2cc(C)cn2)nc1. The van der Waals surface area contributed by atoms with Crippen LogP contribution in [0.25, 0.3) is 0 Å². The largest absolute Gasteiger partial charge is 0.370 e. The summed E-state index contributed by atoms with van der Waals surface area (Å²) in [4.78, 5) is 16.0. The maximum Gasteiger partial charge on any atom is 0.252 e. The van der Waals surface area contributed by atoms with Crippen LogP contribution in [0.4, 0.5) is 5.82 Å². The fraction of sp³-hybridized carbons (Fsp3) is 0.438. The molecule has 2 rings (SSSR count). The summed E-state index contributed by atoms with van der Waals surface area (Å²) in [7, 11) is 0. The Hall–Kier alpha value is -2.37. The molecule has 0 aliphatic heterocycles. The number of anilines is 1. The highest BCUT2D eigenvalue weighted by molar-refractivity contribution is 5.93. The smallest absolute Gasteiger partial charge is 0.252 e. The third-order valence-electron chi connectivity index (χ3n) is 3.19. The van der Waals surface area contributed by atoms with E-state index in [0.717, 1.165) is 31.7 Å². The van der Waals surface area contributed by atoms with E-state index in [1.807, 2.05) is 37.0 Å². The van der Waals surface area contributed by atoms with E-state index in [1.165, 1.54) is 5.56 Å². The predicted octanol–water partition coefficient (Wildman–Crippen LogP) is 2.23. The first-order valence-electron chi connectivity index (χ1n) is 7.66. The quantitative estimate of drug-likeness (QED) is 0.733. The first-order chi connectivity index (χ1) is 10.7. The molecular formula is C16H23N5O. The van der Waals surface area contributed by atoms with Gasteiger partial charge in [-0.15, -0.1) is 0 Å². The molecule has 0 saturated heterocycles. The molecule has 0 unspecified atom stereocenters. The van der Waals surface area contributed by atoms with Crippen LogP contribution in [-0.4, -0.2) is 33.8 Å². The summed E-state index contributed by atoms with van der Waals surface area (Å²) in [5.41, 5.74) is 1.76. The van der Waals surface area contributed by atoms with Crippen LogP contribution < -0.4 is 10.6 Å². The molecule has 0 aromatic carbocycles. The van der Waals surface area contributed by atoms with E-state index < -0.39 is 0 Å². The van der Waals surface area contributed by atoms with Crippen molar-refractivity contribution < 1.29 is 4.79 Å². The lowest BCUT2D eigenvalue weighted by Crippen LogP contribution is -2.24. The van der Waals surface area contributed by atoms with Gasteiger partial charge < -0.3 is 10.6 Å². The summed E-state index contributed by atoms with van der Waals surface area (Å²) in [6.45, 7) is 6.43. The predicted molar refractivity (Wildman–Crippen MR) is 86.9 cm³/mol. The zero-order chi connectivity index (χ0) is 15.8. The molecule has 6 heteroatoms. The number of carbonyl (C=O) groups excluding carboxylic acids is 1. The normalized spacial score (nSPS) is 10.5. The van der Waals surface area contributed by atoms with Gasteiger partial charge in [0.2, 0.25) is 0 Å². The van der Waals surface area contributed by atoms with Gasteiger partial charge in [-0.3, -0.25) is 9.48 Å². The molecule has 0 aliphatic rings. The highest BCUT2D eigenvalue weighted by Gasteiger charge is 2.04. The minimum absolute atomic E-state index is 0.0741. The van der Waals surface area contributed by atoms with Gasteiger partial charge in [-0.25, -0.2) is 4.98 Å². The van der Waals surface area contributed by atoms with E-state index >= 15 is 0 Å². The van der Waals surface area contributed by atoms with Crippen LogP contribution in [0.3, 0.4) is 0 Å². The van der Waals surface area contributed by atoms with Crippen molar-refractivity contribution in [3.05, 3.63) is 41.9 Å². The van der Waals surface area contributed by atoms with Crippen molar-refractivity contribution in [2.24, 2.45) is 0 Å². The van der Waals surface area contributed by atoms with Gasteiger partial charge in [-0.1, -0.05) is 6.92 Å². The maximum absolute atomic E-state index is 11.8. The minimum atomic E-state index is -0.0741. The highest BCUT2D eigenvalue weighted by Crippen LogP contribution is 2.05. The number of nitrogens with one attached hydrogen (secondary N) is 2. The molecule has 2 aromatic heterocycles. The molecule has 0 aliphatic carbocycles. The van der Waals surface area contributed by atoms with Crippen LogP contribution in [-0.2, 0) is 6.54 Å². The number of amides is 1. The van der Waals surface area contributed by atoms with Crippen molar-refractivity contribution in [2.75, 3.05) is 18.4 Å². The Balaban J connectivity index is 1.73. The summed E-state index contributed by atoms with van der Waals surface area (Å²) in [6, 6.07) is 3.62. The Labute approximate surface area is 130 Å². The summed E-state index contributed by atoms with van der Waals surface area (Å²) in [5.74, 6) is 0.707. The summed E-state index contributed by atoms with van der Waals surface area (Å²) >= 11 is 0. The fourth-order valence-corrected chi connectivity index (χ4v) is 2.02. The summed E-state index contributed by atoms with van der Waals surface area (Å²) < 4.78 is 1.94. The number of aryl methyl sites for hydroxylation is 2. The molecule has 0 saturated carbocycles. The second kappa shape index (κ2) is 8.17. The Bertz CT molecular complexity index is 591. The monoisotopic (exact) mass is 301 g/mol. The average Bonchev–Trinajstić information content (AvgIpc) is 2.95. The average molecular weight is 301 g/mol. The second-order valence-electron chi connectivity index (χ2n) is 5.25. The highest BCUT2D eigenvalue weighted by atomic mass is 16.1. The van der Waals surface area contributed by atoms with Gasteiger partial charge in [0.05, 0.1) is 11.8 Å². The third-order valence-corrected chi connectivity index (χ3v) is 3.19. The van der Waals surface area contributed by atoms with Crippen LogP contribution in [0.1, 0.15) is 35.7 Å². The van der Waals surface area contributed by atoms with Gasteiger partial charge in [0.1, 0.15) is 5.82 Å². The van der Waals surface area contributed by atoms with Crippen molar-refractivity contribution in [3.8, 4) is 0 Å². The number of hydrogen-bond acceptors (Lipinski definition) is 4. The van der Waals surface area contributed by atoms with Gasteiger partial charge in [0.25, 0.3) is 5.91 Å². The zero-order valence-electron chi connectivity index (χ0n) is 13.2. The molecule has 0 fully saturated rings. The van der Waals surface area contributed by atoms with Crippen molar-refractivity contribution >= 4 is 11.7 Å². The molecule has 118 valence electrons. The first kappa shape index (κ1) is 16.0. The van der Waals surface area contributed by atoms with Crippen LogP contribution in [0, 0.1) is 6.92 Å². The lowest BCUT2D eigenvalue weighted by atomic mass is 10.2.